The maximum absolute atomic E-state index is 13.2. The maximum Gasteiger partial charge on any atom is 0.282 e. The Hall–Kier alpha value is -3.95. The molecule has 0 unspecified atom stereocenters. The van der Waals surface area contributed by atoms with E-state index in [9.17, 15) is 14.4 Å². The molecule has 0 bridgehead atoms. The lowest BCUT2D eigenvalue weighted by Gasteiger charge is -2.38. The minimum atomic E-state index is -0.454. The van der Waals surface area contributed by atoms with Crippen LogP contribution >= 0.6 is 0 Å². The zero-order valence-corrected chi connectivity index (χ0v) is 15.5. The van der Waals surface area contributed by atoms with Crippen LogP contribution in [0.3, 0.4) is 0 Å². The van der Waals surface area contributed by atoms with Crippen LogP contribution in [0.25, 0.3) is 27.6 Å². The summed E-state index contributed by atoms with van der Waals surface area (Å²) >= 11 is 0. The first kappa shape index (κ1) is 17.2. The molecule has 10 nitrogen and oxygen atoms in total. The summed E-state index contributed by atoms with van der Waals surface area (Å²) in [6.07, 6.45) is 4.29. The fraction of sp³-hybridized carbons (Fsp3) is 0.211. The SMILES string of the molecule is C=CC(=O)N1CC(n2[nH]c3ncn(-c4c(C)ccc5[nH]ncc45)c(=O)c3c2=O)C1. The highest BCUT2D eigenvalue weighted by Gasteiger charge is 2.33. The fourth-order valence-electron chi connectivity index (χ4n) is 3.79. The molecule has 1 aromatic carbocycles. The summed E-state index contributed by atoms with van der Waals surface area (Å²) < 4.78 is 2.75. The lowest BCUT2D eigenvalue weighted by molar-refractivity contribution is -0.131. The number of nitrogens with zero attached hydrogens (tertiary/aromatic N) is 5. The predicted molar refractivity (Wildman–Crippen MR) is 106 cm³/mol. The largest absolute Gasteiger partial charge is 0.335 e. The quantitative estimate of drug-likeness (QED) is 0.496. The molecule has 1 saturated heterocycles. The molecule has 0 spiro atoms. The van der Waals surface area contributed by atoms with E-state index in [1.165, 1.54) is 21.7 Å². The molecule has 0 atom stereocenters. The lowest BCUT2D eigenvalue weighted by Crippen LogP contribution is -2.52. The van der Waals surface area contributed by atoms with Crippen molar-refractivity contribution in [3.8, 4) is 5.69 Å². The summed E-state index contributed by atoms with van der Waals surface area (Å²) in [6.45, 7) is 6.09. The molecular formula is C19H17N7O3. The van der Waals surface area contributed by atoms with E-state index in [2.05, 4.69) is 26.9 Å². The van der Waals surface area contributed by atoms with E-state index < -0.39 is 11.1 Å². The van der Waals surface area contributed by atoms with Crippen molar-refractivity contribution >= 4 is 27.8 Å². The van der Waals surface area contributed by atoms with Crippen LogP contribution in [-0.4, -0.2) is 53.4 Å². The van der Waals surface area contributed by atoms with Crippen LogP contribution in [0.15, 0.2) is 46.9 Å². The van der Waals surface area contributed by atoms with Crippen molar-refractivity contribution in [2.45, 2.75) is 13.0 Å². The van der Waals surface area contributed by atoms with Crippen LogP contribution in [0.4, 0.5) is 0 Å². The van der Waals surface area contributed by atoms with Crippen LogP contribution in [0.1, 0.15) is 11.6 Å². The first-order chi connectivity index (χ1) is 14.0. The zero-order valence-electron chi connectivity index (χ0n) is 15.5. The second kappa shape index (κ2) is 6.03. The monoisotopic (exact) mass is 391 g/mol. The molecule has 2 N–H and O–H groups in total. The number of aryl methyl sites for hydroxylation is 1. The van der Waals surface area contributed by atoms with E-state index in [-0.39, 0.29) is 23.0 Å². The van der Waals surface area contributed by atoms with Gasteiger partial charge in [0.1, 0.15) is 6.33 Å². The summed E-state index contributed by atoms with van der Waals surface area (Å²) in [4.78, 5) is 43.7. The number of carbonyl (C=O) groups excluding carboxylic acids is 1. The van der Waals surface area contributed by atoms with Gasteiger partial charge in [-0.05, 0) is 24.6 Å². The number of nitrogens with one attached hydrogen (secondary N) is 2. The summed E-state index contributed by atoms with van der Waals surface area (Å²) in [5.41, 5.74) is 1.60. The molecule has 0 aliphatic carbocycles. The molecule has 0 saturated carbocycles. The number of hydrogen-bond donors (Lipinski definition) is 2. The Balaban J connectivity index is 1.64. The average Bonchev–Trinajstić information content (AvgIpc) is 3.27. The number of aromatic nitrogens is 6. The van der Waals surface area contributed by atoms with Crippen molar-refractivity contribution in [2.75, 3.05) is 13.1 Å². The number of carbonyl (C=O) groups is 1. The highest BCUT2D eigenvalue weighted by molar-refractivity contribution is 5.89. The Bertz CT molecular complexity index is 1420. The number of amides is 1. The van der Waals surface area contributed by atoms with Gasteiger partial charge < -0.3 is 4.90 Å². The van der Waals surface area contributed by atoms with Gasteiger partial charge in [-0.2, -0.15) is 5.10 Å². The fourth-order valence-corrected chi connectivity index (χ4v) is 3.79. The number of likely N-dealkylation sites (tertiary alicyclic amines) is 1. The Kier molecular flexibility index (Phi) is 3.57. The van der Waals surface area contributed by atoms with Gasteiger partial charge in [0.25, 0.3) is 11.1 Å². The van der Waals surface area contributed by atoms with Gasteiger partial charge in [-0.15, -0.1) is 0 Å². The summed E-state index contributed by atoms with van der Waals surface area (Å²) in [7, 11) is 0. The lowest BCUT2D eigenvalue weighted by atomic mass is 10.1. The number of aromatic amines is 2. The first-order valence-electron chi connectivity index (χ1n) is 9.06. The van der Waals surface area contributed by atoms with Crippen molar-refractivity contribution in [3.63, 3.8) is 0 Å². The second-order valence-corrected chi connectivity index (χ2v) is 7.09. The standard InChI is InChI=1S/C19H17N7O3/c1-3-14(27)24-7-11(8-24)26-19(29)15-17(23-26)20-9-25(18(15)28)16-10(2)4-5-13-12(16)6-21-22-13/h3-6,9,11,23H,1,7-8H2,2H3,(H,21,22). The molecular weight excluding hydrogens is 374 g/mol. The topological polar surface area (TPSA) is 122 Å². The molecule has 0 radical (unpaired) electrons. The smallest absolute Gasteiger partial charge is 0.282 e. The van der Waals surface area contributed by atoms with Gasteiger partial charge in [-0.25, -0.2) is 9.67 Å². The van der Waals surface area contributed by atoms with Gasteiger partial charge in [0.15, 0.2) is 11.0 Å². The van der Waals surface area contributed by atoms with Gasteiger partial charge in [0.05, 0.1) is 23.4 Å². The van der Waals surface area contributed by atoms with Gasteiger partial charge in [0, 0.05) is 18.5 Å². The molecule has 146 valence electrons. The molecule has 1 aliphatic heterocycles. The number of benzene rings is 1. The first-order valence-corrected chi connectivity index (χ1v) is 9.06. The average molecular weight is 391 g/mol. The molecule has 4 aromatic rings. The van der Waals surface area contributed by atoms with Crippen LogP contribution in [0.2, 0.25) is 0 Å². The van der Waals surface area contributed by atoms with E-state index in [0.29, 0.717) is 18.8 Å². The van der Waals surface area contributed by atoms with Gasteiger partial charge in [0.2, 0.25) is 5.91 Å². The third-order valence-corrected chi connectivity index (χ3v) is 5.38. The van der Waals surface area contributed by atoms with E-state index in [0.717, 1.165) is 16.5 Å². The van der Waals surface area contributed by atoms with Crippen molar-refractivity contribution in [2.24, 2.45) is 0 Å². The van der Waals surface area contributed by atoms with Crippen molar-refractivity contribution in [1.82, 2.24) is 34.4 Å². The molecule has 4 heterocycles. The molecule has 1 aliphatic rings. The maximum atomic E-state index is 13.2. The minimum Gasteiger partial charge on any atom is -0.335 e. The summed E-state index contributed by atoms with van der Waals surface area (Å²) in [5.74, 6) is -0.186. The van der Waals surface area contributed by atoms with E-state index in [4.69, 9.17) is 0 Å². The Labute approximate surface area is 163 Å². The number of H-pyrrole nitrogens is 2. The molecule has 1 amide bonds. The Morgan fingerprint density at radius 1 is 1.28 bits per heavy atom. The Morgan fingerprint density at radius 2 is 2.07 bits per heavy atom. The van der Waals surface area contributed by atoms with E-state index in [1.54, 1.807) is 11.1 Å². The highest BCUT2D eigenvalue weighted by atomic mass is 16.2. The van der Waals surface area contributed by atoms with Crippen LogP contribution < -0.4 is 11.1 Å². The Morgan fingerprint density at radius 3 is 2.83 bits per heavy atom. The molecule has 5 rings (SSSR count). The summed E-state index contributed by atoms with van der Waals surface area (Å²) in [5, 5.41) is 10.6. The van der Waals surface area contributed by atoms with Gasteiger partial charge in [-0.3, -0.25) is 29.1 Å². The van der Waals surface area contributed by atoms with Crippen molar-refractivity contribution in [1.29, 1.82) is 0 Å². The predicted octanol–water partition coefficient (Wildman–Crippen LogP) is 0.630. The van der Waals surface area contributed by atoms with Gasteiger partial charge in [-0.1, -0.05) is 12.6 Å². The third kappa shape index (κ3) is 2.38. The minimum absolute atomic E-state index is 0.0131. The number of fused-ring (bicyclic) bond motifs is 2. The van der Waals surface area contributed by atoms with Gasteiger partial charge >= 0.3 is 0 Å². The summed E-state index contributed by atoms with van der Waals surface area (Å²) in [6, 6.07) is 3.53. The van der Waals surface area contributed by atoms with Crippen molar-refractivity contribution in [3.05, 3.63) is 63.6 Å². The number of rotatable bonds is 3. The zero-order chi connectivity index (χ0) is 20.3. The van der Waals surface area contributed by atoms with Crippen molar-refractivity contribution < 1.29 is 4.79 Å². The highest BCUT2D eigenvalue weighted by Crippen LogP contribution is 2.24. The van der Waals surface area contributed by atoms with Crippen LogP contribution in [-0.2, 0) is 4.79 Å². The van der Waals surface area contributed by atoms with Crippen LogP contribution in [0.5, 0.6) is 0 Å². The molecule has 29 heavy (non-hydrogen) atoms. The van der Waals surface area contributed by atoms with Crippen LogP contribution in [0, 0.1) is 6.92 Å². The molecule has 10 heteroatoms. The van der Waals surface area contributed by atoms with E-state index >= 15 is 0 Å². The normalized spacial score (nSPS) is 14.4. The molecule has 1 fully saturated rings. The second-order valence-electron chi connectivity index (χ2n) is 7.09. The van der Waals surface area contributed by atoms with E-state index in [1.807, 2.05) is 19.1 Å². The third-order valence-electron chi connectivity index (χ3n) is 5.38. The number of hydrogen-bond acceptors (Lipinski definition) is 5. The molecule has 3 aromatic heterocycles.